The van der Waals surface area contributed by atoms with Crippen LogP contribution in [0.3, 0.4) is 0 Å². The summed E-state index contributed by atoms with van der Waals surface area (Å²) in [5, 5.41) is 3.32. The van der Waals surface area contributed by atoms with Crippen molar-refractivity contribution in [2.45, 2.75) is 51.6 Å². The molecule has 1 fully saturated rings. The number of piperidine rings is 1. The second kappa shape index (κ2) is 9.48. The molecule has 1 aliphatic carbocycles. The van der Waals surface area contributed by atoms with E-state index in [0.29, 0.717) is 23.8 Å². The third-order valence-electron chi connectivity index (χ3n) is 7.01. The van der Waals surface area contributed by atoms with Crippen LogP contribution in [0.1, 0.15) is 54.3 Å². The van der Waals surface area contributed by atoms with E-state index < -0.39 is 0 Å². The molecular formula is C27H30FN3O2. The fraction of sp³-hybridized carbons (Fsp3) is 0.407. The van der Waals surface area contributed by atoms with Crippen molar-refractivity contribution in [3.05, 3.63) is 76.9 Å². The van der Waals surface area contributed by atoms with Gasteiger partial charge >= 0.3 is 0 Å². The lowest BCUT2D eigenvalue weighted by molar-refractivity contribution is -0.127. The van der Waals surface area contributed by atoms with Gasteiger partial charge in [-0.05, 0) is 75.4 Å². The highest BCUT2D eigenvalue weighted by Crippen LogP contribution is 2.31. The number of carbonyl (C=O) groups is 1. The molecule has 5 nitrogen and oxygen atoms in total. The quantitative estimate of drug-likeness (QED) is 0.584. The van der Waals surface area contributed by atoms with Gasteiger partial charge in [0.25, 0.3) is 0 Å². The van der Waals surface area contributed by atoms with Gasteiger partial charge in [0.15, 0.2) is 0 Å². The minimum absolute atomic E-state index is 0.0442. The Kier molecular flexibility index (Phi) is 6.27. The van der Waals surface area contributed by atoms with Crippen LogP contribution in [0.4, 0.5) is 4.39 Å². The van der Waals surface area contributed by atoms with Crippen molar-refractivity contribution in [1.82, 2.24) is 15.2 Å². The summed E-state index contributed by atoms with van der Waals surface area (Å²) in [7, 11) is 0. The normalized spacial score (nSPS) is 19.3. The zero-order chi connectivity index (χ0) is 22.8. The van der Waals surface area contributed by atoms with E-state index >= 15 is 0 Å². The molecule has 33 heavy (non-hydrogen) atoms. The van der Waals surface area contributed by atoms with E-state index in [0.717, 1.165) is 50.9 Å². The van der Waals surface area contributed by atoms with Crippen molar-refractivity contribution in [2.24, 2.45) is 5.92 Å². The van der Waals surface area contributed by atoms with E-state index in [1.165, 1.54) is 17.2 Å². The van der Waals surface area contributed by atoms with Crippen LogP contribution in [0.15, 0.2) is 52.9 Å². The first-order valence-electron chi connectivity index (χ1n) is 11.9. The van der Waals surface area contributed by atoms with Crippen LogP contribution >= 0.6 is 0 Å². The highest BCUT2D eigenvalue weighted by atomic mass is 19.1. The first kappa shape index (κ1) is 21.8. The zero-order valence-electron chi connectivity index (χ0n) is 19.0. The average Bonchev–Trinajstić information content (AvgIpc) is 3.20. The Labute approximate surface area is 194 Å². The van der Waals surface area contributed by atoms with Crippen molar-refractivity contribution in [2.75, 3.05) is 13.1 Å². The average molecular weight is 448 g/mol. The highest BCUT2D eigenvalue weighted by molar-refractivity contribution is 5.79. The number of aromatic nitrogens is 1. The summed E-state index contributed by atoms with van der Waals surface area (Å²) in [6, 6.07) is 15.1. The number of fused-ring (bicyclic) bond motifs is 1. The molecule has 1 atom stereocenters. The zero-order valence-corrected chi connectivity index (χ0v) is 19.0. The molecule has 5 rings (SSSR count). The number of amides is 1. The molecule has 1 aromatic heterocycles. The van der Waals surface area contributed by atoms with Gasteiger partial charge < -0.3 is 9.73 Å². The van der Waals surface area contributed by atoms with Gasteiger partial charge in [0, 0.05) is 12.5 Å². The molecule has 0 radical (unpaired) electrons. The number of nitrogens with zero attached hydrogens (tertiary/aromatic N) is 2. The Bertz CT molecular complexity index is 1130. The van der Waals surface area contributed by atoms with Gasteiger partial charge in [0.05, 0.1) is 17.3 Å². The topological polar surface area (TPSA) is 58.4 Å². The predicted octanol–water partition coefficient (Wildman–Crippen LogP) is 5.19. The third-order valence-corrected chi connectivity index (χ3v) is 7.01. The van der Waals surface area contributed by atoms with E-state index in [9.17, 15) is 9.18 Å². The van der Waals surface area contributed by atoms with Crippen LogP contribution < -0.4 is 5.32 Å². The molecule has 0 unspecified atom stereocenters. The number of nitrogens with one attached hydrogen (secondary N) is 1. The van der Waals surface area contributed by atoms with Gasteiger partial charge in [-0.25, -0.2) is 9.37 Å². The Hall–Kier alpha value is -2.99. The highest BCUT2D eigenvalue weighted by Gasteiger charge is 2.29. The van der Waals surface area contributed by atoms with Gasteiger partial charge in [0.1, 0.15) is 11.6 Å². The molecular weight excluding hydrogens is 417 g/mol. The fourth-order valence-corrected chi connectivity index (χ4v) is 5.08. The van der Waals surface area contributed by atoms with Crippen molar-refractivity contribution in [3.63, 3.8) is 0 Å². The second-order valence-electron chi connectivity index (χ2n) is 9.20. The van der Waals surface area contributed by atoms with Gasteiger partial charge in [0.2, 0.25) is 11.8 Å². The lowest BCUT2D eigenvalue weighted by Gasteiger charge is -2.33. The van der Waals surface area contributed by atoms with E-state index in [4.69, 9.17) is 4.42 Å². The molecule has 0 saturated carbocycles. The Balaban J connectivity index is 1.17. The van der Waals surface area contributed by atoms with Crippen LogP contribution in [0, 0.1) is 18.7 Å². The van der Waals surface area contributed by atoms with Crippen LogP contribution in [0.5, 0.6) is 0 Å². The minimum atomic E-state index is -0.335. The number of rotatable bonds is 5. The number of benzene rings is 2. The molecule has 1 N–H and O–H groups in total. The molecule has 1 saturated heterocycles. The lowest BCUT2D eigenvalue weighted by atomic mass is 9.87. The summed E-state index contributed by atoms with van der Waals surface area (Å²) < 4.78 is 19.8. The summed E-state index contributed by atoms with van der Waals surface area (Å²) in [6.45, 7) is 4.18. The predicted molar refractivity (Wildman–Crippen MR) is 125 cm³/mol. The van der Waals surface area contributed by atoms with Crippen molar-refractivity contribution >= 4 is 5.91 Å². The first-order valence-corrected chi connectivity index (χ1v) is 11.9. The van der Waals surface area contributed by atoms with E-state index in [2.05, 4.69) is 39.5 Å². The molecule has 6 heteroatoms. The van der Waals surface area contributed by atoms with Crippen molar-refractivity contribution in [3.8, 4) is 11.5 Å². The van der Waals surface area contributed by atoms with Crippen molar-refractivity contribution in [1.29, 1.82) is 0 Å². The summed E-state index contributed by atoms with van der Waals surface area (Å²) in [4.78, 5) is 19.9. The first-order chi connectivity index (χ1) is 16.1. The lowest BCUT2D eigenvalue weighted by Crippen LogP contribution is -2.42. The summed E-state index contributed by atoms with van der Waals surface area (Å²) in [5.41, 5.74) is 3.85. The Morgan fingerprint density at radius 1 is 1.12 bits per heavy atom. The second-order valence-corrected chi connectivity index (χ2v) is 9.20. The van der Waals surface area contributed by atoms with Crippen LogP contribution in [-0.4, -0.2) is 28.9 Å². The van der Waals surface area contributed by atoms with Crippen molar-refractivity contribution < 1.29 is 13.6 Å². The maximum atomic E-state index is 14.1. The SMILES string of the molecule is Cc1oc(-c2ccccc2F)nc1CN1CCC(C(=O)N[C@@H]2CCCc3ccccc32)CC1. The maximum Gasteiger partial charge on any atom is 0.229 e. The van der Waals surface area contributed by atoms with Crippen LogP contribution in [0.25, 0.3) is 11.5 Å². The summed E-state index contributed by atoms with van der Waals surface area (Å²) >= 11 is 0. The van der Waals surface area contributed by atoms with Gasteiger partial charge in [-0.1, -0.05) is 36.4 Å². The Morgan fingerprint density at radius 2 is 1.88 bits per heavy atom. The minimum Gasteiger partial charge on any atom is -0.441 e. The summed E-state index contributed by atoms with van der Waals surface area (Å²) in [5.74, 6) is 0.919. The molecule has 2 heterocycles. The van der Waals surface area contributed by atoms with Gasteiger partial charge in [-0.15, -0.1) is 0 Å². The molecule has 0 bridgehead atoms. The largest absolute Gasteiger partial charge is 0.441 e. The molecule has 2 aromatic carbocycles. The fourth-order valence-electron chi connectivity index (χ4n) is 5.08. The molecule has 0 spiro atoms. The number of halogens is 1. The molecule has 1 aliphatic heterocycles. The van der Waals surface area contributed by atoms with Crippen LogP contribution in [0.2, 0.25) is 0 Å². The number of oxazole rings is 1. The maximum absolute atomic E-state index is 14.1. The van der Waals surface area contributed by atoms with E-state index in [-0.39, 0.29) is 23.7 Å². The van der Waals surface area contributed by atoms with Gasteiger partial charge in [-0.3, -0.25) is 9.69 Å². The molecule has 2 aliphatic rings. The van der Waals surface area contributed by atoms with Gasteiger partial charge in [-0.2, -0.15) is 0 Å². The molecule has 1 amide bonds. The number of aryl methyl sites for hydroxylation is 2. The number of carbonyl (C=O) groups excluding carboxylic acids is 1. The number of likely N-dealkylation sites (tertiary alicyclic amines) is 1. The number of hydrogen-bond donors (Lipinski definition) is 1. The van der Waals surface area contributed by atoms with E-state index in [1.807, 2.05) is 6.92 Å². The number of hydrogen-bond acceptors (Lipinski definition) is 4. The molecule has 172 valence electrons. The monoisotopic (exact) mass is 447 g/mol. The molecule has 3 aromatic rings. The Morgan fingerprint density at radius 3 is 2.70 bits per heavy atom. The standard InChI is InChI=1S/C27H30FN3O2/c1-18-25(30-27(33-18)22-10-4-5-11-23(22)28)17-31-15-13-20(14-16-31)26(32)29-24-12-6-8-19-7-2-3-9-21(19)24/h2-5,7,9-11,20,24H,6,8,12-17H2,1H3,(H,29,32)/t24-/m1/s1. The smallest absolute Gasteiger partial charge is 0.229 e. The van der Waals surface area contributed by atoms with E-state index in [1.54, 1.807) is 18.2 Å². The third kappa shape index (κ3) is 4.71. The van der Waals surface area contributed by atoms with Crippen LogP contribution in [-0.2, 0) is 17.8 Å². The summed E-state index contributed by atoms with van der Waals surface area (Å²) in [6.07, 6.45) is 4.89.